The zero-order valence-electron chi connectivity index (χ0n) is 16.4. The Labute approximate surface area is 170 Å². The zero-order chi connectivity index (χ0) is 19.8. The van der Waals surface area contributed by atoms with Crippen LogP contribution in [0.4, 0.5) is 0 Å². The van der Waals surface area contributed by atoms with E-state index in [1.165, 1.54) is 0 Å². The van der Waals surface area contributed by atoms with Gasteiger partial charge in [0.1, 0.15) is 5.75 Å². The first kappa shape index (κ1) is 17.6. The second-order valence-corrected chi connectivity index (χ2v) is 7.13. The first-order valence-electron chi connectivity index (χ1n) is 9.67. The van der Waals surface area contributed by atoms with Crippen LogP contribution in [0.3, 0.4) is 0 Å². The molecule has 146 valence electrons. The van der Waals surface area contributed by atoms with Crippen LogP contribution in [-0.2, 0) is 0 Å². The Morgan fingerprint density at radius 1 is 0.897 bits per heavy atom. The lowest BCUT2D eigenvalue weighted by Gasteiger charge is -2.38. The van der Waals surface area contributed by atoms with Gasteiger partial charge in [0.25, 0.3) is 0 Å². The summed E-state index contributed by atoms with van der Waals surface area (Å²) in [7, 11) is 3.34. The van der Waals surface area contributed by atoms with E-state index in [2.05, 4.69) is 23.2 Å². The first-order chi connectivity index (χ1) is 14.3. The summed E-state index contributed by atoms with van der Waals surface area (Å²) in [6.45, 7) is 0. The molecule has 0 amide bonds. The van der Waals surface area contributed by atoms with Gasteiger partial charge in [0.15, 0.2) is 11.5 Å². The van der Waals surface area contributed by atoms with Gasteiger partial charge in [-0.1, -0.05) is 42.5 Å². The molecule has 2 aliphatic heterocycles. The third-order valence-corrected chi connectivity index (χ3v) is 5.51. The standard InChI is InChI=1S/C24H22N2O3/c1-27-18-13-11-17(12-14-18)24-26-21(15-20(25-26)16-7-4-3-5-8-16)19-9-6-10-22(28-2)23(19)29-24/h3-14,21,24H,15H2,1-2H3/t21-,24-/m0/s1. The van der Waals surface area contributed by atoms with Gasteiger partial charge in [-0.3, -0.25) is 0 Å². The average Bonchev–Trinajstić information content (AvgIpc) is 3.24. The molecule has 0 fully saturated rings. The van der Waals surface area contributed by atoms with E-state index in [0.717, 1.165) is 46.1 Å². The molecule has 5 nitrogen and oxygen atoms in total. The van der Waals surface area contributed by atoms with Crippen LogP contribution in [0.2, 0.25) is 0 Å². The van der Waals surface area contributed by atoms with Crippen molar-refractivity contribution in [3.05, 3.63) is 89.5 Å². The summed E-state index contributed by atoms with van der Waals surface area (Å²) in [6.07, 6.45) is 0.483. The average molecular weight is 386 g/mol. The Morgan fingerprint density at radius 3 is 2.41 bits per heavy atom. The summed E-state index contributed by atoms with van der Waals surface area (Å²) in [5.41, 5.74) is 4.32. The molecule has 0 radical (unpaired) electrons. The molecule has 2 aliphatic rings. The number of nitrogens with zero attached hydrogens (tertiary/aromatic N) is 2. The van der Waals surface area contributed by atoms with Crippen LogP contribution < -0.4 is 14.2 Å². The Balaban J connectivity index is 1.60. The van der Waals surface area contributed by atoms with Crippen LogP contribution in [-0.4, -0.2) is 24.9 Å². The van der Waals surface area contributed by atoms with Crippen molar-refractivity contribution in [3.8, 4) is 17.2 Å². The molecule has 0 bridgehead atoms. The molecule has 0 saturated carbocycles. The minimum Gasteiger partial charge on any atom is -0.497 e. The molecule has 5 rings (SSSR count). The van der Waals surface area contributed by atoms with Crippen LogP contribution in [0.25, 0.3) is 0 Å². The number of para-hydroxylation sites is 1. The third kappa shape index (κ3) is 2.99. The highest BCUT2D eigenvalue weighted by atomic mass is 16.5. The maximum atomic E-state index is 6.46. The van der Waals surface area contributed by atoms with Crippen LogP contribution in [0.15, 0.2) is 77.9 Å². The van der Waals surface area contributed by atoms with Gasteiger partial charge in [-0.2, -0.15) is 5.10 Å². The van der Waals surface area contributed by atoms with Crippen molar-refractivity contribution in [2.75, 3.05) is 14.2 Å². The number of hydrogen-bond acceptors (Lipinski definition) is 5. The lowest BCUT2D eigenvalue weighted by molar-refractivity contribution is -0.0209. The summed E-state index contributed by atoms with van der Waals surface area (Å²) in [4.78, 5) is 0. The molecular formula is C24H22N2O3. The molecule has 0 unspecified atom stereocenters. The van der Waals surface area contributed by atoms with Gasteiger partial charge < -0.3 is 14.2 Å². The summed E-state index contributed by atoms with van der Waals surface area (Å²) in [5.74, 6) is 2.35. The minimum atomic E-state index is -0.337. The predicted octanol–water partition coefficient (Wildman–Crippen LogP) is 4.95. The quantitative estimate of drug-likeness (QED) is 0.637. The number of fused-ring (bicyclic) bond motifs is 3. The molecule has 29 heavy (non-hydrogen) atoms. The summed E-state index contributed by atoms with van der Waals surface area (Å²) >= 11 is 0. The van der Waals surface area contributed by atoms with E-state index in [-0.39, 0.29) is 12.3 Å². The number of methoxy groups -OCH3 is 2. The SMILES string of the molecule is COc1ccc([C@@H]2Oc3c(OC)cccc3[C@@H]3CC(c4ccccc4)=NN32)cc1. The van der Waals surface area contributed by atoms with Crippen molar-refractivity contribution in [2.45, 2.75) is 18.7 Å². The van der Waals surface area contributed by atoms with E-state index >= 15 is 0 Å². The normalized spacial score (nSPS) is 19.7. The van der Waals surface area contributed by atoms with Crippen molar-refractivity contribution < 1.29 is 14.2 Å². The molecule has 0 spiro atoms. The third-order valence-electron chi connectivity index (χ3n) is 5.51. The Kier molecular flexibility index (Phi) is 4.35. The molecule has 0 aliphatic carbocycles. The van der Waals surface area contributed by atoms with Crippen molar-refractivity contribution in [2.24, 2.45) is 5.10 Å². The molecule has 3 aromatic carbocycles. The number of hydrazone groups is 1. The van der Waals surface area contributed by atoms with Crippen molar-refractivity contribution in [1.29, 1.82) is 0 Å². The molecule has 0 aromatic heterocycles. The minimum absolute atomic E-state index is 0.0937. The molecule has 2 heterocycles. The van der Waals surface area contributed by atoms with Crippen LogP contribution in [0, 0.1) is 0 Å². The molecule has 2 atom stereocenters. The van der Waals surface area contributed by atoms with E-state index in [0.29, 0.717) is 0 Å². The fraction of sp³-hybridized carbons (Fsp3) is 0.208. The first-order valence-corrected chi connectivity index (χ1v) is 9.67. The highest BCUT2D eigenvalue weighted by Gasteiger charge is 2.42. The van der Waals surface area contributed by atoms with Crippen molar-refractivity contribution in [1.82, 2.24) is 5.01 Å². The number of hydrogen-bond donors (Lipinski definition) is 0. The number of rotatable bonds is 4. The van der Waals surface area contributed by atoms with Gasteiger partial charge >= 0.3 is 0 Å². The van der Waals surface area contributed by atoms with Gasteiger partial charge in [-0.25, -0.2) is 5.01 Å². The highest BCUT2D eigenvalue weighted by Crippen LogP contribution is 2.50. The smallest absolute Gasteiger partial charge is 0.214 e. The second-order valence-electron chi connectivity index (χ2n) is 7.13. The Hall–Kier alpha value is -3.47. The molecule has 5 heteroatoms. The highest BCUT2D eigenvalue weighted by molar-refractivity contribution is 6.01. The maximum Gasteiger partial charge on any atom is 0.214 e. The lowest BCUT2D eigenvalue weighted by atomic mass is 9.95. The van der Waals surface area contributed by atoms with Crippen LogP contribution >= 0.6 is 0 Å². The van der Waals surface area contributed by atoms with E-state index in [4.69, 9.17) is 19.3 Å². The molecule has 0 N–H and O–H groups in total. The van der Waals surface area contributed by atoms with Gasteiger partial charge in [-0.15, -0.1) is 0 Å². The molecule has 3 aromatic rings. The topological polar surface area (TPSA) is 43.3 Å². The van der Waals surface area contributed by atoms with Crippen LogP contribution in [0.1, 0.15) is 35.4 Å². The van der Waals surface area contributed by atoms with E-state index in [9.17, 15) is 0 Å². The van der Waals surface area contributed by atoms with Crippen LogP contribution in [0.5, 0.6) is 17.2 Å². The van der Waals surface area contributed by atoms with Gasteiger partial charge in [0.05, 0.1) is 26.0 Å². The second kappa shape index (κ2) is 7.17. The monoisotopic (exact) mass is 386 g/mol. The van der Waals surface area contributed by atoms with E-state index in [1.807, 2.05) is 54.6 Å². The summed E-state index contributed by atoms with van der Waals surface area (Å²) in [6, 6.07) is 24.4. The number of benzene rings is 3. The predicted molar refractivity (Wildman–Crippen MR) is 112 cm³/mol. The van der Waals surface area contributed by atoms with Gasteiger partial charge in [0, 0.05) is 17.5 Å². The Bertz CT molecular complexity index is 1050. The van der Waals surface area contributed by atoms with E-state index < -0.39 is 0 Å². The summed E-state index contributed by atoms with van der Waals surface area (Å²) in [5, 5.41) is 7.06. The van der Waals surface area contributed by atoms with E-state index in [1.54, 1.807) is 14.2 Å². The fourth-order valence-corrected chi connectivity index (χ4v) is 4.04. The van der Waals surface area contributed by atoms with Crippen molar-refractivity contribution in [3.63, 3.8) is 0 Å². The summed E-state index contributed by atoms with van der Waals surface area (Å²) < 4.78 is 17.4. The van der Waals surface area contributed by atoms with Gasteiger partial charge in [-0.05, 0) is 35.9 Å². The zero-order valence-corrected chi connectivity index (χ0v) is 16.4. The largest absolute Gasteiger partial charge is 0.497 e. The molecular weight excluding hydrogens is 364 g/mol. The van der Waals surface area contributed by atoms with Crippen molar-refractivity contribution >= 4 is 5.71 Å². The fourth-order valence-electron chi connectivity index (χ4n) is 4.04. The Morgan fingerprint density at radius 2 is 1.69 bits per heavy atom. The number of ether oxygens (including phenoxy) is 3. The molecule has 0 saturated heterocycles. The lowest BCUT2D eigenvalue weighted by Crippen LogP contribution is -2.33. The van der Waals surface area contributed by atoms with Gasteiger partial charge in [0.2, 0.25) is 6.23 Å². The maximum absolute atomic E-state index is 6.46.